The lowest BCUT2D eigenvalue weighted by Crippen LogP contribution is -2.07. The highest BCUT2D eigenvalue weighted by atomic mass is 16.5. The van der Waals surface area contributed by atoms with Gasteiger partial charge in [-0.1, -0.05) is 6.07 Å². The first-order valence-corrected chi connectivity index (χ1v) is 3.56. The maximum absolute atomic E-state index is 5.08. The van der Waals surface area contributed by atoms with Gasteiger partial charge < -0.3 is 10.9 Å². The van der Waals surface area contributed by atoms with Gasteiger partial charge >= 0.3 is 0 Å². The molecule has 0 spiro atoms. The van der Waals surface area contributed by atoms with Crippen molar-refractivity contribution in [1.29, 1.82) is 0 Å². The van der Waals surface area contributed by atoms with E-state index in [2.05, 4.69) is 12.1 Å². The second-order valence-corrected chi connectivity index (χ2v) is 2.63. The molecule has 0 aromatic heterocycles. The van der Waals surface area contributed by atoms with E-state index < -0.39 is 0 Å². The van der Waals surface area contributed by atoms with Gasteiger partial charge in [-0.2, -0.15) is 0 Å². The second-order valence-electron chi connectivity index (χ2n) is 2.63. The molecule has 1 aliphatic carbocycles. The molecule has 11 heavy (non-hydrogen) atoms. The summed E-state index contributed by atoms with van der Waals surface area (Å²) in [5.41, 5.74) is 2.94. The van der Waals surface area contributed by atoms with Gasteiger partial charge in [-0.25, -0.2) is 0 Å². The van der Waals surface area contributed by atoms with Gasteiger partial charge in [0, 0.05) is 0 Å². The van der Waals surface area contributed by atoms with Crippen LogP contribution in [0, 0.1) is 0 Å². The summed E-state index contributed by atoms with van der Waals surface area (Å²) in [6, 6.07) is 6.30. The predicted molar refractivity (Wildman–Crippen MR) is 45.4 cm³/mol. The van der Waals surface area contributed by atoms with E-state index >= 15 is 0 Å². The molecule has 3 N–H and O–H groups in total. The zero-order chi connectivity index (χ0) is 6.97. The van der Waals surface area contributed by atoms with E-state index in [-0.39, 0.29) is 6.15 Å². The van der Waals surface area contributed by atoms with Crippen molar-refractivity contribution in [2.75, 3.05) is 7.11 Å². The number of fused-ring (bicyclic) bond motifs is 1. The molecule has 0 saturated heterocycles. The molecule has 2 nitrogen and oxygen atoms in total. The van der Waals surface area contributed by atoms with Crippen LogP contribution in [0.5, 0.6) is 5.75 Å². The predicted octanol–water partition coefficient (Wildman–Crippen LogP) is 1.96. The third-order valence-corrected chi connectivity index (χ3v) is 2.08. The second kappa shape index (κ2) is 2.93. The van der Waals surface area contributed by atoms with Crippen molar-refractivity contribution >= 4 is 0 Å². The lowest BCUT2D eigenvalue weighted by molar-refractivity contribution is 0.413. The third-order valence-electron chi connectivity index (χ3n) is 2.08. The lowest BCUT2D eigenvalue weighted by Gasteiger charge is -2.18. The van der Waals surface area contributed by atoms with Crippen molar-refractivity contribution in [2.24, 2.45) is 0 Å². The normalized spacial score (nSPS) is 12.5. The molecule has 0 fully saturated rings. The highest BCUT2D eigenvalue weighted by molar-refractivity contribution is 5.41. The quantitative estimate of drug-likeness (QED) is 0.666. The molecule has 0 bridgehead atoms. The van der Waals surface area contributed by atoms with Crippen molar-refractivity contribution in [3.63, 3.8) is 0 Å². The van der Waals surface area contributed by atoms with Crippen LogP contribution in [-0.4, -0.2) is 7.11 Å². The van der Waals surface area contributed by atoms with E-state index in [1.54, 1.807) is 7.11 Å². The average Bonchev–Trinajstić information content (AvgIpc) is 1.92. The molecule has 2 rings (SSSR count). The molecule has 2 heteroatoms. The van der Waals surface area contributed by atoms with Crippen LogP contribution in [0.1, 0.15) is 11.1 Å². The highest BCUT2D eigenvalue weighted by Crippen LogP contribution is 2.26. The van der Waals surface area contributed by atoms with Crippen LogP contribution < -0.4 is 10.9 Å². The van der Waals surface area contributed by atoms with Gasteiger partial charge in [0.1, 0.15) is 5.75 Å². The standard InChI is InChI=1S/C9H10O.H3N/c1-10-9-5-4-7-2-3-8(7)6-9;/h4-6H,2-3H2,1H3;1H3. The van der Waals surface area contributed by atoms with Crippen LogP contribution in [-0.2, 0) is 12.8 Å². The molecule has 1 aromatic rings. The summed E-state index contributed by atoms with van der Waals surface area (Å²) in [5, 5.41) is 0. The number of rotatable bonds is 1. The van der Waals surface area contributed by atoms with Crippen molar-refractivity contribution in [2.45, 2.75) is 12.8 Å². The fourth-order valence-electron chi connectivity index (χ4n) is 1.30. The van der Waals surface area contributed by atoms with Crippen LogP contribution in [0.25, 0.3) is 0 Å². The molecule has 60 valence electrons. The smallest absolute Gasteiger partial charge is 0.119 e. The molecule has 0 aliphatic heterocycles. The van der Waals surface area contributed by atoms with E-state index in [4.69, 9.17) is 4.74 Å². The largest absolute Gasteiger partial charge is 0.497 e. The Labute approximate surface area is 66.8 Å². The Morgan fingerprint density at radius 3 is 2.36 bits per heavy atom. The Hall–Kier alpha value is -1.02. The molecule has 1 aliphatic rings. The number of aryl methyl sites for hydroxylation is 2. The molecule has 0 radical (unpaired) electrons. The Kier molecular flexibility index (Phi) is 2.15. The minimum atomic E-state index is 0. The Morgan fingerprint density at radius 1 is 1.18 bits per heavy atom. The van der Waals surface area contributed by atoms with Gasteiger partial charge in [0.25, 0.3) is 0 Å². The molecular formula is C9H13NO. The van der Waals surface area contributed by atoms with Gasteiger partial charge in [-0.05, 0) is 36.1 Å². The van der Waals surface area contributed by atoms with E-state index in [0.717, 1.165) is 5.75 Å². The molecule has 0 amide bonds. The first kappa shape index (κ1) is 8.08. The zero-order valence-electron chi connectivity index (χ0n) is 6.76. The SMILES string of the molecule is COc1ccc2c(c1)CC2.N. The summed E-state index contributed by atoms with van der Waals surface area (Å²) >= 11 is 0. The minimum Gasteiger partial charge on any atom is -0.497 e. The van der Waals surface area contributed by atoms with Gasteiger partial charge in [0.2, 0.25) is 0 Å². The van der Waals surface area contributed by atoms with E-state index in [1.165, 1.54) is 24.0 Å². The molecule has 0 unspecified atom stereocenters. The van der Waals surface area contributed by atoms with Crippen LogP contribution in [0.4, 0.5) is 0 Å². The van der Waals surface area contributed by atoms with Crippen LogP contribution in [0.2, 0.25) is 0 Å². The molecule has 1 aromatic carbocycles. The van der Waals surface area contributed by atoms with Crippen molar-refractivity contribution in [3.05, 3.63) is 29.3 Å². The summed E-state index contributed by atoms with van der Waals surface area (Å²) < 4.78 is 5.08. The van der Waals surface area contributed by atoms with Crippen molar-refractivity contribution in [1.82, 2.24) is 6.15 Å². The van der Waals surface area contributed by atoms with E-state index in [9.17, 15) is 0 Å². The highest BCUT2D eigenvalue weighted by Gasteiger charge is 2.12. The number of hydrogen-bond donors (Lipinski definition) is 1. The topological polar surface area (TPSA) is 44.2 Å². The van der Waals surface area contributed by atoms with Gasteiger partial charge in [0.15, 0.2) is 0 Å². The minimum absolute atomic E-state index is 0. The summed E-state index contributed by atoms with van der Waals surface area (Å²) in [5.74, 6) is 0.985. The number of ether oxygens (including phenoxy) is 1. The first-order chi connectivity index (χ1) is 4.90. The van der Waals surface area contributed by atoms with Crippen LogP contribution >= 0.6 is 0 Å². The summed E-state index contributed by atoms with van der Waals surface area (Å²) in [4.78, 5) is 0. The molecule has 0 saturated carbocycles. The average molecular weight is 151 g/mol. The molecule has 0 atom stereocenters. The summed E-state index contributed by atoms with van der Waals surface area (Å²) in [7, 11) is 1.71. The number of methoxy groups -OCH3 is 1. The fraction of sp³-hybridized carbons (Fsp3) is 0.333. The lowest BCUT2D eigenvalue weighted by atomic mass is 9.89. The fourth-order valence-corrected chi connectivity index (χ4v) is 1.30. The van der Waals surface area contributed by atoms with Gasteiger partial charge in [0.05, 0.1) is 7.11 Å². The zero-order valence-corrected chi connectivity index (χ0v) is 6.76. The van der Waals surface area contributed by atoms with Crippen molar-refractivity contribution < 1.29 is 4.74 Å². The number of hydrogen-bond acceptors (Lipinski definition) is 2. The summed E-state index contributed by atoms with van der Waals surface area (Å²) in [6.07, 6.45) is 2.48. The van der Waals surface area contributed by atoms with Crippen molar-refractivity contribution in [3.8, 4) is 5.75 Å². The number of benzene rings is 1. The Morgan fingerprint density at radius 2 is 1.91 bits per heavy atom. The van der Waals surface area contributed by atoms with Crippen LogP contribution in [0.15, 0.2) is 18.2 Å². The van der Waals surface area contributed by atoms with Gasteiger partial charge in [-0.15, -0.1) is 0 Å². The monoisotopic (exact) mass is 151 g/mol. The van der Waals surface area contributed by atoms with Crippen LogP contribution in [0.3, 0.4) is 0 Å². The third kappa shape index (κ3) is 1.21. The van der Waals surface area contributed by atoms with E-state index in [0.29, 0.717) is 0 Å². The maximum atomic E-state index is 5.08. The first-order valence-electron chi connectivity index (χ1n) is 3.56. The molecular weight excluding hydrogens is 138 g/mol. The van der Waals surface area contributed by atoms with E-state index in [1.807, 2.05) is 6.07 Å². The molecule has 0 heterocycles. The Balaban J connectivity index is 0.000000605. The van der Waals surface area contributed by atoms with Gasteiger partial charge in [-0.3, -0.25) is 0 Å². The Bertz CT molecular complexity index is 258. The summed E-state index contributed by atoms with van der Waals surface area (Å²) in [6.45, 7) is 0. The maximum Gasteiger partial charge on any atom is 0.119 e.